The van der Waals surface area contributed by atoms with Gasteiger partial charge in [0.25, 0.3) is 0 Å². The van der Waals surface area contributed by atoms with Crippen LogP contribution in [0.4, 0.5) is 5.69 Å². The van der Waals surface area contributed by atoms with Gasteiger partial charge in [-0.05, 0) is 55.5 Å². The Kier molecular flexibility index (Phi) is 6.76. The average molecular weight is 470 g/mol. The number of hydrogen-bond donors (Lipinski definition) is 0. The normalized spacial score (nSPS) is 17.4. The van der Waals surface area contributed by atoms with Crippen molar-refractivity contribution in [3.8, 4) is 5.69 Å². The highest BCUT2D eigenvalue weighted by atomic mass is 16.2. The van der Waals surface area contributed by atoms with Crippen molar-refractivity contribution in [2.45, 2.75) is 64.5 Å². The predicted octanol–water partition coefficient (Wildman–Crippen LogP) is 6.12. The van der Waals surface area contributed by atoms with Gasteiger partial charge in [-0.3, -0.25) is 14.5 Å². The summed E-state index contributed by atoms with van der Waals surface area (Å²) >= 11 is 0. The van der Waals surface area contributed by atoms with Crippen molar-refractivity contribution in [3.63, 3.8) is 0 Å². The van der Waals surface area contributed by atoms with Gasteiger partial charge < -0.3 is 9.47 Å². The van der Waals surface area contributed by atoms with Crippen molar-refractivity contribution < 1.29 is 9.59 Å². The Hall–Kier alpha value is -3.34. The summed E-state index contributed by atoms with van der Waals surface area (Å²) in [4.78, 5) is 31.6. The second-order valence-electron chi connectivity index (χ2n) is 9.81. The lowest BCUT2D eigenvalue weighted by molar-refractivity contribution is -0.139. The van der Waals surface area contributed by atoms with E-state index in [-0.39, 0.29) is 36.4 Å². The van der Waals surface area contributed by atoms with Gasteiger partial charge in [-0.15, -0.1) is 0 Å². The molecule has 182 valence electrons. The summed E-state index contributed by atoms with van der Waals surface area (Å²) in [5.74, 6) is 0.130. The molecule has 5 heteroatoms. The molecule has 1 aromatic heterocycles. The molecule has 0 radical (unpaired) electrons. The Bertz CT molecular complexity index is 1180. The van der Waals surface area contributed by atoms with Crippen molar-refractivity contribution in [3.05, 3.63) is 84.2 Å². The number of benzene rings is 2. The van der Waals surface area contributed by atoms with E-state index in [0.29, 0.717) is 0 Å². The number of unbranched alkanes of at least 4 members (excludes halogenated alkanes) is 1. The maximum Gasteiger partial charge on any atom is 0.247 e. The molecule has 5 rings (SSSR count). The molecule has 0 bridgehead atoms. The van der Waals surface area contributed by atoms with Crippen molar-refractivity contribution >= 4 is 17.5 Å². The van der Waals surface area contributed by atoms with Gasteiger partial charge >= 0.3 is 0 Å². The standard InChI is InChI=1S/C30H35N3O2/c1-3-5-12-22(4-2)30(35)32(24-18-19-24)21-28(34)33-26-16-10-9-15-25(26)31-20-11-17-27(31)29(33)23-13-7-6-8-14-23/h6-11,13-17,20,22,24,29H,3-5,12,18-19,21H2,1-2H3. The highest BCUT2D eigenvalue weighted by Crippen LogP contribution is 2.42. The summed E-state index contributed by atoms with van der Waals surface area (Å²) in [6, 6.07) is 22.4. The molecule has 3 aromatic rings. The van der Waals surface area contributed by atoms with Gasteiger partial charge in [0.1, 0.15) is 12.6 Å². The van der Waals surface area contributed by atoms with Crippen LogP contribution in [0, 0.1) is 5.92 Å². The summed E-state index contributed by atoms with van der Waals surface area (Å²) in [6.45, 7) is 4.38. The van der Waals surface area contributed by atoms with Crippen LogP contribution in [0.25, 0.3) is 5.69 Å². The van der Waals surface area contributed by atoms with Gasteiger partial charge in [0.05, 0.1) is 17.1 Å². The minimum Gasteiger partial charge on any atom is -0.330 e. The van der Waals surface area contributed by atoms with E-state index in [1.807, 2.05) is 52.3 Å². The van der Waals surface area contributed by atoms with Crippen LogP contribution in [0.1, 0.15) is 69.7 Å². The van der Waals surface area contributed by atoms with Crippen LogP contribution in [0.2, 0.25) is 0 Å². The number of anilines is 1. The lowest BCUT2D eigenvalue weighted by atomic mass is 9.96. The second kappa shape index (κ2) is 10.1. The minimum atomic E-state index is -0.244. The summed E-state index contributed by atoms with van der Waals surface area (Å²) in [5, 5.41) is 0. The van der Waals surface area contributed by atoms with Gasteiger partial charge in [-0.25, -0.2) is 0 Å². The summed E-state index contributed by atoms with van der Waals surface area (Å²) in [7, 11) is 0. The molecule has 35 heavy (non-hydrogen) atoms. The summed E-state index contributed by atoms with van der Waals surface area (Å²) < 4.78 is 2.18. The molecule has 2 amide bonds. The van der Waals surface area contributed by atoms with E-state index in [1.54, 1.807) is 0 Å². The zero-order chi connectivity index (χ0) is 24.4. The minimum absolute atomic E-state index is 0.000792. The van der Waals surface area contributed by atoms with E-state index in [4.69, 9.17) is 0 Å². The zero-order valence-electron chi connectivity index (χ0n) is 20.8. The van der Waals surface area contributed by atoms with E-state index in [2.05, 4.69) is 48.9 Å². The van der Waals surface area contributed by atoms with Gasteiger partial charge in [0.2, 0.25) is 11.8 Å². The van der Waals surface area contributed by atoms with Gasteiger partial charge in [-0.2, -0.15) is 0 Å². The van der Waals surface area contributed by atoms with Crippen LogP contribution < -0.4 is 4.90 Å². The molecule has 0 spiro atoms. The van der Waals surface area contributed by atoms with E-state index >= 15 is 0 Å². The quantitative estimate of drug-likeness (QED) is 0.379. The van der Waals surface area contributed by atoms with Crippen molar-refractivity contribution in [2.75, 3.05) is 11.4 Å². The highest BCUT2D eigenvalue weighted by molar-refractivity contribution is 6.00. The molecule has 1 aliphatic heterocycles. The number of carbonyl (C=O) groups excluding carboxylic acids is 2. The molecule has 0 N–H and O–H groups in total. The molecule has 2 aliphatic rings. The number of carbonyl (C=O) groups is 2. The third-order valence-electron chi connectivity index (χ3n) is 7.43. The maximum atomic E-state index is 14.2. The summed E-state index contributed by atoms with van der Waals surface area (Å²) in [6.07, 6.45) is 7.89. The second-order valence-corrected chi connectivity index (χ2v) is 9.81. The number of hydrogen-bond acceptors (Lipinski definition) is 2. The number of nitrogens with zero attached hydrogens (tertiary/aromatic N) is 3. The maximum absolute atomic E-state index is 14.2. The first-order valence-corrected chi connectivity index (χ1v) is 13.1. The largest absolute Gasteiger partial charge is 0.330 e. The molecule has 1 saturated carbocycles. The zero-order valence-corrected chi connectivity index (χ0v) is 20.8. The monoisotopic (exact) mass is 469 g/mol. The third-order valence-corrected chi connectivity index (χ3v) is 7.43. The SMILES string of the molecule is CCCCC(CC)C(=O)N(CC(=O)N1c2ccccc2-n2cccc2C1c1ccccc1)C1CC1. The Morgan fingerprint density at radius 1 is 0.943 bits per heavy atom. The Labute approximate surface area is 208 Å². The number of fused-ring (bicyclic) bond motifs is 3. The fourth-order valence-electron chi connectivity index (χ4n) is 5.40. The van der Waals surface area contributed by atoms with Crippen LogP contribution in [0.5, 0.6) is 0 Å². The lowest BCUT2D eigenvalue weighted by Crippen LogP contribution is -2.48. The molecular formula is C30H35N3O2. The van der Waals surface area contributed by atoms with E-state index < -0.39 is 0 Å². The molecule has 2 aromatic carbocycles. The van der Waals surface area contributed by atoms with Crippen LogP contribution in [-0.2, 0) is 9.59 Å². The summed E-state index contributed by atoms with van der Waals surface area (Å²) in [5.41, 5.74) is 4.00. The first-order chi connectivity index (χ1) is 17.1. The Morgan fingerprint density at radius 3 is 2.34 bits per heavy atom. The van der Waals surface area contributed by atoms with Crippen molar-refractivity contribution in [1.82, 2.24) is 9.47 Å². The molecule has 2 heterocycles. The molecule has 2 atom stereocenters. The molecule has 5 nitrogen and oxygen atoms in total. The fraction of sp³-hybridized carbons (Fsp3) is 0.400. The van der Waals surface area contributed by atoms with Crippen molar-refractivity contribution in [2.24, 2.45) is 5.92 Å². The van der Waals surface area contributed by atoms with Gasteiger partial charge in [0.15, 0.2) is 0 Å². The van der Waals surface area contributed by atoms with Crippen molar-refractivity contribution in [1.29, 1.82) is 0 Å². The van der Waals surface area contributed by atoms with E-state index in [1.165, 1.54) is 0 Å². The highest BCUT2D eigenvalue weighted by Gasteiger charge is 2.40. The number of rotatable bonds is 9. The molecule has 1 fully saturated rings. The Morgan fingerprint density at radius 2 is 1.66 bits per heavy atom. The molecular weight excluding hydrogens is 434 g/mol. The van der Waals surface area contributed by atoms with Gasteiger partial charge in [0, 0.05) is 18.2 Å². The van der Waals surface area contributed by atoms with Crippen LogP contribution >= 0.6 is 0 Å². The Balaban J connectivity index is 1.51. The van der Waals surface area contributed by atoms with Crippen LogP contribution in [-0.4, -0.2) is 33.9 Å². The topological polar surface area (TPSA) is 45.6 Å². The lowest BCUT2D eigenvalue weighted by Gasteiger charge is -2.40. The smallest absolute Gasteiger partial charge is 0.247 e. The first kappa shape index (κ1) is 23.4. The average Bonchev–Trinajstić information content (AvgIpc) is 3.62. The number of para-hydroxylation sites is 2. The van der Waals surface area contributed by atoms with E-state index in [0.717, 1.165) is 61.2 Å². The molecule has 0 saturated heterocycles. The molecule has 2 unspecified atom stereocenters. The number of amides is 2. The van der Waals surface area contributed by atoms with Crippen LogP contribution in [0.15, 0.2) is 72.9 Å². The molecule has 1 aliphatic carbocycles. The third kappa shape index (κ3) is 4.52. The van der Waals surface area contributed by atoms with Gasteiger partial charge in [-0.1, -0.05) is 69.2 Å². The number of aromatic nitrogens is 1. The van der Waals surface area contributed by atoms with E-state index in [9.17, 15) is 9.59 Å². The predicted molar refractivity (Wildman–Crippen MR) is 140 cm³/mol. The van der Waals surface area contributed by atoms with Crippen LogP contribution in [0.3, 0.4) is 0 Å². The first-order valence-electron chi connectivity index (χ1n) is 13.1. The fourth-order valence-corrected chi connectivity index (χ4v) is 5.40.